The molecule has 21 heavy (non-hydrogen) atoms. The third kappa shape index (κ3) is 66.8. The third-order valence-electron chi connectivity index (χ3n) is 1.22. The largest absolute Gasteiger partial charge is 0.394 e. The number of hydrogen-bond acceptors (Lipinski definition) is 5. The summed E-state index contributed by atoms with van der Waals surface area (Å²) in [6.45, 7) is 17.8. The van der Waals surface area contributed by atoms with Gasteiger partial charge in [-0.25, -0.2) is 0 Å². The van der Waals surface area contributed by atoms with Gasteiger partial charge in [-0.15, -0.1) is 13.2 Å². The van der Waals surface area contributed by atoms with Gasteiger partial charge in [0.2, 0.25) is 0 Å². The highest BCUT2D eigenvalue weighted by atomic mass is 16.5. The van der Waals surface area contributed by atoms with Crippen molar-refractivity contribution in [3.63, 3.8) is 0 Å². The van der Waals surface area contributed by atoms with Gasteiger partial charge >= 0.3 is 0 Å². The van der Waals surface area contributed by atoms with Crippen molar-refractivity contribution in [3.05, 3.63) is 24.3 Å². The molecule has 0 aromatic rings. The van der Waals surface area contributed by atoms with Crippen LogP contribution >= 0.6 is 0 Å². The number of ether oxygens (including phenoxy) is 3. The number of allylic oxidation sites excluding steroid dienone is 2. The van der Waals surface area contributed by atoms with Gasteiger partial charge in [0.05, 0.1) is 52.9 Å². The Morgan fingerprint density at radius 2 is 0.810 bits per heavy atom. The molecule has 5 heteroatoms. The van der Waals surface area contributed by atoms with Crippen molar-refractivity contribution < 1.29 is 24.4 Å². The first-order chi connectivity index (χ1) is 9.88. The van der Waals surface area contributed by atoms with E-state index in [-0.39, 0.29) is 13.2 Å². The van der Waals surface area contributed by atoms with E-state index in [9.17, 15) is 0 Å². The fourth-order valence-electron chi connectivity index (χ4n) is 0.671. The Hall–Kier alpha value is -0.720. The zero-order valence-electron chi connectivity index (χ0n) is 14.2. The first-order valence-corrected chi connectivity index (χ1v) is 7.07. The highest BCUT2D eigenvalue weighted by Crippen LogP contribution is 1.80. The highest BCUT2D eigenvalue weighted by molar-refractivity contribution is 4.79. The van der Waals surface area contributed by atoms with Gasteiger partial charge in [0, 0.05) is 0 Å². The Balaban J connectivity index is -0.000000334. The third-order valence-corrected chi connectivity index (χ3v) is 1.22. The van der Waals surface area contributed by atoms with Gasteiger partial charge in [-0.1, -0.05) is 11.1 Å². The minimum absolute atomic E-state index is 0.0413. The van der Waals surface area contributed by atoms with Crippen molar-refractivity contribution in [1.29, 1.82) is 0 Å². The zero-order chi connectivity index (χ0) is 16.9. The molecule has 128 valence electrons. The molecule has 0 atom stereocenters. The molecule has 0 aliphatic heterocycles. The van der Waals surface area contributed by atoms with E-state index in [1.54, 1.807) is 0 Å². The summed E-state index contributed by atoms with van der Waals surface area (Å²) < 4.78 is 15.0. The van der Waals surface area contributed by atoms with Crippen LogP contribution < -0.4 is 0 Å². The summed E-state index contributed by atoms with van der Waals surface area (Å²) in [6.07, 6.45) is 0. The summed E-state index contributed by atoms with van der Waals surface area (Å²) >= 11 is 0. The van der Waals surface area contributed by atoms with Gasteiger partial charge in [0.25, 0.3) is 0 Å². The molecule has 0 heterocycles. The summed E-state index contributed by atoms with van der Waals surface area (Å²) in [5, 5.41) is 16.7. The first-order valence-electron chi connectivity index (χ1n) is 7.07. The van der Waals surface area contributed by atoms with Crippen LogP contribution in [0.1, 0.15) is 27.7 Å². The molecule has 0 rings (SSSR count). The maximum Gasteiger partial charge on any atom is 0.0701 e. The lowest BCUT2D eigenvalue weighted by atomic mass is 10.4. The van der Waals surface area contributed by atoms with E-state index in [1.807, 2.05) is 27.7 Å². The van der Waals surface area contributed by atoms with Crippen LogP contribution in [0.4, 0.5) is 0 Å². The molecule has 0 aliphatic rings. The summed E-state index contributed by atoms with van der Waals surface area (Å²) in [5.41, 5.74) is 2.33. The standard InChI is InChI=1S/C8H18O5.2C4H8/c9-1-3-11-5-7-13-8-6-12-4-2-10;2*1-4(2)3/h9-10H,1-8H2;2*1H2,2-3H3. The Kier molecular flexibility index (Phi) is 29.2. The Morgan fingerprint density at radius 1 is 0.619 bits per heavy atom. The van der Waals surface area contributed by atoms with Crippen molar-refractivity contribution in [1.82, 2.24) is 0 Å². The van der Waals surface area contributed by atoms with Crippen LogP contribution in [0.25, 0.3) is 0 Å². The smallest absolute Gasteiger partial charge is 0.0701 e. The SMILES string of the molecule is C=C(C)C.C=C(C)C.OCCOCCOCCOCCO. The predicted molar refractivity (Wildman–Crippen MR) is 87.6 cm³/mol. The van der Waals surface area contributed by atoms with Crippen LogP contribution in [0.2, 0.25) is 0 Å². The van der Waals surface area contributed by atoms with E-state index >= 15 is 0 Å². The normalized spacial score (nSPS) is 9.05. The summed E-state index contributed by atoms with van der Waals surface area (Å²) in [7, 11) is 0. The number of aliphatic hydroxyl groups is 2. The molecular formula is C16H34O5. The summed E-state index contributed by atoms with van der Waals surface area (Å²) in [5.74, 6) is 0. The van der Waals surface area contributed by atoms with Gasteiger partial charge in [-0.05, 0) is 27.7 Å². The Morgan fingerprint density at radius 3 is 1.00 bits per heavy atom. The lowest BCUT2D eigenvalue weighted by molar-refractivity contribution is 0.00230. The lowest BCUT2D eigenvalue weighted by Gasteiger charge is -2.04. The molecular weight excluding hydrogens is 272 g/mol. The maximum absolute atomic E-state index is 8.36. The summed E-state index contributed by atoms with van der Waals surface area (Å²) in [6, 6.07) is 0. The second-order valence-electron chi connectivity index (χ2n) is 4.70. The average molecular weight is 306 g/mol. The second-order valence-corrected chi connectivity index (χ2v) is 4.70. The number of aliphatic hydroxyl groups excluding tert-OH is 2. The Bertz CT molecular complexity index is 187. The van der Waals surface area contributed by atoms with Crippen LogP contribution in [0.15, 0.2) is 24.3 Å². The topological polar surface area (TPSA) is 68.2 Å². The van der Waals surface area contributed by atoms with Crippen molar-refractivity contribution in [2.45, 2.75) is 27.7 Å². The van der Waals surface area contributed by atoms with Gasteiger partial charge < -0.3 is 24.4 Å². The van der Waals surface area contributed by atoms with Gasteiger partial charge in [0.15, 0.2) is 0 Å². The minimum Gasteiger partial charge on any atom is -0.394 e. The molecule has 0 saturated heterocycles. The van der Waals surface area contributed by atoms with Crippen molar-refractivity contribution in [2.24, 2.45) is 0 Å². The molecule has 0 unspecified atom stereocenters. The van der Waals surface area contributed by atoms with Crippen molar-refractivity contribution in [2.75, 3.05) is 52.9 Å². The minimum atomic E-state index is 0.0413. The molecule has 0 spiro atoms. The molecule has 0 radical (unpaired) electrons. The van der Waals surface area contributed by atoms with Crippen LogP contribution in [0.3, 0.4) is 0 Å². The van der Waals surface area contributed by atoms with Crippen LogP contribution in [0.5, 0.6) is 0 Å². The predicted octanol–water partition coefficient (Wildman–Crippen LogP) is 2.19. The number of rotatable bonds is 10. The zero-order valence-corrected chi connectivity index (χ0v) is 14.2. The molecule has 0 fully saturated rings. The van der Waals surface area contributed by atoms with Crippen molar-refractivity contribution in [3.8, 4) is 0 Å². The fourth-order valence-corrected chi connectivity index (χ4v) is 0.671. The number of hydrogen-bond donors (Lipinski definition) is 2. The molecule has 0 aromatic heterocycles. The van der Waals surface area contributed by atoms with E-state index in [0.717, 1.165) is 0 Å². The van der Waals surface area contributed by atoms with Crippen LogP contribution in [-0.4, -0.2) is 63.1 Å². The lowest BCUT2D eigenvalue weighted by Crippen LogP contribution is -2.11. The van der Waals surface area contributed by atoms with Crippen molar-refractivity contribution >= 4 is 0 Å². The molecule has 2 N–H and O–H groups in total. The molecule has 0 aromatic carbocycles. The maximum atomic E-state index is 8.36. The fraction of sp³-hybridized carbons (Fsp3) is 0.750. The van der Waals surface area contributed by atoms with E-state index in [2.05, 4.69) is 13.2 Å². The van der Waals surface area contributed by atoms with Crippen LogP contribution in [-0.2, 0) is 14.2 Å². The van der Waals surface area contributed by atoms with Gasteiger partial charge in [0.1, 0.15) is 0 Å². The van der Waals surface area contributed by atoms with Gasteiger partial charge in [-0.2, -0.15) is 0 Å². The van der Waals surface area contributed by atoms with E-state index in [4.69, 9.17) is 24.4 Å². The van der Waals surface area contributed by atoms with E-state index < -0.39 is 0 Å². The Labute approximate surface area is 130 Å². The second kappa shape index (κ2) is 24.3. The summed E-state index contributed by atoms with van der Waals surface area (Å²) in [4.78, 5) is 0. The monoisotopic (exact) mass is 306 g/mol. The molecule has 0 amide bonds. The average Bonchev–Trinajstić information content (AvgIpc) is 2.35. The van der Waals surface area contributed by atoms with E-state index in [1.165, 1.54) is 11.1 Å². The first kappa shape index (κ1) is 25.2. The van der Waals surface area contributed by atoms with Crippen LogP contribution in [0, 0.1) is 0 Å². The highest BCUT2D eigenvalue weighted by Gasteiger charge is 1.89. The molecule has 0 aliphatic carbocycles. The van der Waals surface area contributed by atoms with Gasteiger partial charge in [-0.3, -0.25) is 0 Å². The quantitative estimate of drug-likeness (QED) is 0.478. The molecule has 0 saturated carbocycles. The van der Waals surface area contributed by atoms with E-state index in [0.29, 0.717) is 39.6 Å². The molecule has 5 nitrogen and oxygen atoms in total. The molecule has 0 bridgehead atoms.